The fourth-order valence-corrected chi connectivity index (χ4v) is 4.27. The van der Waals surface area contributed by atoms with Crippen molar-refractivity contribution in [2.45, 2.75) is 6.04 Å². The molecule has 2 aromatic carbocycles. The molecule has 1 aliphatic rings. The van der Waals surface area contributed by atoms with E-state index < -0.39 is 5.91 Å². The second-order valence-electron chi connectivity index (χ2n) is 7.50. The van der Waals surface area contributed by atoms with Crippen LogP contribution in [0.5, 0.6) is 5.88 Å². The lowest BCUT2D eigenvalue weighted by Gasteiger charge is -2.16. The largest absolute Gasteiger partial charge is 0.493 e. The summed E-state index contributed by atoms with van der Waals surface area (Å²) < 4.78 is 0. The molecule has 1 atom stereocenters. The van der Waals surface area contributed by atoms with E-state index in [0.29, 0.717) is 0 Å². The zero-order chi connectivity index (χ0) is 21.7. The smallest absolute Gasteiger partial charge is 0.270 e. The van der Waals surface area contributed by atoms with Gasteiger partial charge in [-0.1, -0.05) is 42.5 Å². The summed E-state index contributed by atoms with van der Waals surface area (Å²) in [6.45, 7) is 0. The number of nitrogens with zero attached hydrogens (tertiary/aromatic N) is 4. The van der Waals surface area contributed by atoms with Crippen LogP contribution < -0.4 is 5.32 Å². The number of H-pyrrole nitrogens is 1. The van der Waals surface area contributed by atoms with E-state index in [0.717, 1.165) is 51.0 Å². The lowest BCUT2D eigenvalue weighted by molar-refractivity contribution is 0.0938. The van der Waals surface area contributed by atoms with E-state index in [9.17, 15) is 9.90 Å². The highest BCUT2D eigenvalue weighted by Crippen LogP contribution is 2.47. The number of fused-ring (bicyclic) bond motifs is 4. The number of aromatic hydroxyl groups is 1. The van der Waals surface area contributed by atoms with Crippen LogP contribution in [0.4, 0.5) is 0 Å². The standard InChI is InChI=1S/C24H16N6O2/c31-20-10-18(26-12-27-20)24(32)30-22-14-5-2-1-4-13(14)21-15(22)6-3-7-16(21)23-28-17-8-9-25-11-19(17)29-23/h1-12,22H,(H,28,29)(H,30,32)(H,26,27,31). The number of carbonyl (C=O) groups excluding carboxylic acids is 1. The number of aromatic nitrogens is 5. The third kappa shape index (κ3) is 2.81. The fraction of sp³-hybridized carbons (Fsp3) is 0.0417. The summed E-state index contributed by atoms with van der Waals surface area (Å²) in [6, 6.07) is 16.7. The number of rotatable bonds is 3. The minimum absolute atomic E-state index is 0.101. The second kappa shape index (κ2) is 6.98. The highest BCUT2D eigenvalue weighted by Gasteiger charge is 2.32. The summed E-state index contributed by atoms with van der Waals surface area (Å²) in [7, 11) is 0. The third-order valence-corrected chi connectivity index (χ3v) is 5.65. The molecular weight excluding hydrogens is 404 g/mol. The predicted molar refractivity (Wildman–Crippen MR) is 118 cm³/mol. The number of pyridine rings is 1. The van der Waals surface area contributed by atoms with E-state index in [2.05, 4.69) is 25.3 Å². The molecule has 1 unspecified atom stereocenters. The minimum Gasteiger partial charge on any atom is -0.493 e. The molecule has 1 aliphatic carbocycles. The molecule has 1 amide bonds. The first-order valence-electron chi connectivity index (χ1n) is 10.0. The Morgan fingerprint density at radius 3 is 2.72 bits per heavy atom. The van der Waals surface area contributed by atoms with E-state index >= 15 is 0 Å². The number of aromatic amines is 1. The molecule has 0 saturated carbocycles. The van der Waals surface area contributed by atoms with Crippen molar-refractivity contribution in [1.29, 1.82) is 0 Å². The van der Waals surface area contributed by atoms with Crippen molar-refractivity contribution < 1.29 is 9.90 Å². The quantitative estimate of drug-likeness (QED) is 0.410. The van der Waals surface area contributed by atoms with Gasteiger partial charge in [0.25, 0.3) is 5.91 Å². The molecular formula is C24H16N6O2. The Kier molecular flexibility index (Phi) is 3.97. The average Bonchev–Trinajstić information content (AvgIpc) is 3.39. The van der Waals surface area contributed by atoms with Gasteiger partial charge < -0.3 is 15.4 Å². The highest BCUT2D eigenvalue weighted by atomic mass is 16.3. The molecule has 8 nitrogen and oxygen atoms in total. The number of hydrogen-bond donors (Lipinski definition) is 3. The summed E-state index contributed by atoms with van der Waals surface area (Å²) >= 11 is 0. The maximum atomic E-state index is 12.9. The summed E-state index contributed by atoms with van der Waals surface area (Å²) in [6.07, 6.45) is 4.63. The van der Waals surface area contributed by atoms with Crippen molar-refractivity contribution in [2.75, 3.05) is 0 Å². The fourth-order valence-electron chi connectivity index (χ4n) is 4.27. The number of amides is 1. The zero-order valence-electron chi connectivity index (χ0n) is 16.6. The average molecular weight is 420 g/mol. The first-order valence-corrected chi connectivity index (χ1v) is 10.0. The van der Waals surface area contributed by atoms with Gasteiger partial charge in [0, 0.05) is 17.8 Å². The molecule has 0 bridgehead atoms. The molecule has 0 radical (unpaired) electrons. The minimum atomic E-state index is -0.393. The van der Waals surface area contributed by atoms with E-state index in [4.69, 9.17) is 4.98 Å². The van der Waals surface area contributed by atoms with E-state index in [-0.39, 0.29) is 17.6 Å². The van der Waals surface area contributed by atoms with Gasteiger partial charge in [0.1, 0.15) is 17.8 Å². The van der Waals surface area contributed by atoms with Gasteiger partial charge in [0.15, 0.2) is 0 Å². The van der Waals surface area contributed by atoms with Crippen molar-refractivity contribution in [3.63, 3.8) is 0 Å². The van der Waals surface area contributed by atoms with Crippen LogP contribution in [0.3, 0.4) is 0 Å². The SMILES string of the molecule is O=C(NC1c2ccccc2-c2c(-c3nc4ccncc4[nH]3)cccc21)c1cc(O)ncn1. The summed E-state index contributed by atoms with van der Waals surface area (Å²) in [5, 5.41) is 12.7. The lowest BCUT2D eigenvalue weighted by Crippen LogP contribution is -2.28. The van der Waals surface area contributed by atoms with Crippen molar-refractivity contribution in [3.05, 3.63) is 90.1 Å². The zero-order valence-corrected chi connectivity index (χ0v) is 16.6. The van der Waals surface area contributed by atoms with Gasteiger partial charge in [-0.05, 0) is 28.3 Å². The van der Waals surface area contributed by atoms with Crippen LogP contribution >= 0.6 is 0 Å². The van der Waals surface area contributed by atoms with Crippen LogP contribution in [0.15, 0.2) is 73.3 Å². The van der Waals surface area contributed by atoms with Crippen LogP contribution in [0, 0.1) is 0 Å². The molecule has 6 rings (SSSR count). The molecule has 0 fully saturated rings. The Hall–Kier alpha value is -4.59. The lowest BCUT2D eigenvalue weighted by atomic mass is 9.99. The maximum Gasteiger partial charge on any atom is 0.270 e. The van der Waals surface area contributed by atoms with Gasteiger partial charge in [-0.15, -0.1) is 0 Å². The second-order valence-corrected chi connectivity index (χ2v) is 7.50. The van der Waals surface area contributed by atoms with Crippen LogP contribution in [0.25, 0.3) is 33.5 Å². The van der Waals surface area contributed by atoms with Crippen molar-refractivity contribution in [3.8, 4) is 28.4 Å². The first kappa shape index (κ1) is 18.2. The third-order valence-electron chi connectivity index (χ3n) is 5.65. The first-order chi connectivity index (χ1) is 15.7. The Balaban J connectivity index is 1.48. The van der Waals surface area contributed by atoms with Gasteiger partial charge in [0.05, 0.1) is 23.3 Å². The van der Waals surface area contributed by atoms with Crippen LogP contribution in [0.2, 0.25) is 0 Å². The van der Waals surface area contributed by atoms with Crippen LogP contribution in [-0.2, 0) is 0 Å². The van der Waals surface area contributed by atoms with E-state index in [1.807, 2.05) is 48.5 Å². The Morgan fingerprint density at radius 2 is 1.84 bits per heavy atom. The molecule has 0 saturated heterocycles. The Bertz CT molecular complexity index is 1480. The maximum absolute atomic E-state index is 12.9. The molecule has 3 N–H and O–H groups in total. The number of imidazole rings is 1. The Morgan fingerprint density at radius 1 is 1.00 bits per heavy atom. The number of benzene rings is 2. The molecule has 0 aliphatic heterocycles. The Labute approximate surface area is 182 Å². The van der Waals surface area contributed by atoms with E-state index in [1.165, 1.54) is 6.07 Å². The van der Waals surface area contributed by atoms with Crippen molar-refractivity contribution in [1.82, 2.24) is 30.2 Å². The molecule has 32 heavy (non-hydrogen) atoms. The van der Waals surface area contributed by atoms with Gasteiger partial charge in [-0.2, -0.15) is 0 Å². The van der Waals surface area contributed by atoms with Gasteiger partial charge in [0.2, 0.25) is 5.88 Å². The van der Waals surface area contributed by atoms with Gasteiger partial charge in [-0.3, -0.25) is 9.78 Å². The predicted octanol–water partition coefficient (Wildman–Crippen LogP) is 3.62. The van der Waals surface area contributed by atoms with E-state index in [1.54, 1.807) is 12.4 Å². The molecule has 5 aromatic rings. The molecule has 0 spiro atoms. The summed E-state index contributed by atoms with van der Waals surface area (Å²) in [5.41, 5.74) is 6.76. The number of nitrogens with one attached hydrogen (secondary N) is 2. The topological polar surface area (TPSA) is 117 Å². The van der Waals surface area contributed by atoms with Crippen molar-refractivity contribution in [2.24, 2.45) is 0 Å². The molecule has 3 heterocycles. The normalized spacial score (nSPS) is 14.2. The molecule has 8 heteroatoms. The van der Waals surface area contributed by atoms with Crippen LogP contribution in [-0.4, -0.2) is 35.9 Å². The molecule has 154 valence electrons. The summed E-state index contributed by atoms with van der Waals surface area (Å²) in [4.78, 5) is 32.8. The van der Waals surface area contributed by atoms with Crippen molar-refractivity contribution >= 4 is 16.9 Å². The summed E-state index contributed by atoms with van der Waals surface area (Å²) in [5.74, 6) is 0.0990. The molecule has 3 aromatic heterocycles. The highest BCUT2D eigenvalue weighted by molar-refractivity contribution is 5.96. The number of carbonyl (C=O) groups is 1. The monoisotopic (exact) mass is 420 g/mol. The number of hydrogen-bond acceptors (Lipinski definition) is 6. The van der Waals surface area contributed by atoms with Crippen LogP contribution in [0.1, 0.15) is 27.7 Å². The van der Waals surface area contributed by atoms with Gasteiger partial charge >= 0.3 is 0 Å². The van der Waals surface area contributed by atoms with Gasteiger partial charge in [-0.25, -0.2) is 15.0 Å².